The molecule has 7 heteroatoms. The van der Waals surface area contributed by atoms with E-state index in [0.29, 0.717) is 5.11 Å². The van der Waals surface area contributed by atoms with E-state index in [9.17, 15) is 0 Å². The van der Waals surface area contributed by atoms with Crippen molar-refractivity contribution in [2.24, 2.45) is 0 Å². The molecule has 24 heavy (non-hydrogen) atoms. The fourth-order valence-electron chi connectivity index (χ4n) is 2.57. The van der Waals surface area contributed by atoms with Gasteiger partial charge in [0, 0.05) is 32.7 Å². The van der Waals surface area contributed by atoms with Crippen LogP contribution in [0.4, 0.5) is 0 Å². The Morgan fingerprint density at radius 3 is 2.54 bits per heavy atom. The van der Waals surface area contributed by atoms with Crippen LogP contribution in [-0.4, -0.2) is 70.2 Å². The first-order chi connectivity index (χ1) is 11.7. The van der Waals surface area contributed by atoms with Crippen LogP contribution in [0.5, 0.6) is 11.5 Å². The zero-order valence-electron chi connectivity index (χ0n) is 14.5. The number of thiocarbonyl (C=S) groups is 1. The number of morpholine rings is 1. The average Bonchev–Trinajstić information content (AvgIpc) is 2.62. The molecule has 0 unspecified atom stereocenters. The molecule has 0 spiro atoms. The lowest BCUT2D eigenvalue weighted by Crippen LogP contribution is -2.43. The van der Waals surface area contributed by atoms with Crippen molar-refractivity contribution in [3.63, 3.8) is 0 Å². The van der Waals surface area contributed by atoms with Gasteiger partial charge in [-0.25, -0.2) is 0 Å². The quantitative estimate of drug-likeness (QED) is 0.677. The van der Waals surface area contributed by atoms with E-state index in [1.54, 1.807) is 14.2 Å². The number of benzene rings is 1. The van der Waals surface area contributed by atoms with E-state index in [0.717, 1.165) is 63.9 Å². The Kier molecular flexibility index (Phi) is 8.07. The lowest BCUT2D eigenvalue weighted by Gasteiger charge is -2.26. The van der Waals surface area contributed by atoms with E-state index in [-0.39, 0.29) is 0 Å². The standard InChI is InChI=1S/C17H27N3O3S/c1-21-15-4-3-14(13-16(15)22-2)5-6-18-17(24)19-7-8-20-9-11-23-12-10-20/h3-4,13H,5-12H2,1-2H3,(H2,18,19,24). The van der Waals surface area contributed by atoms with Crippen LogP contribution < -0.4 is 20.1 Å². The Hall–Kier alpha value is -1.57. The second-order valence-electron chi connectivity index (χ2n) is 5.58. The van der Waals surface area contributed by atoms with Gasteiger partial charge in [-0.3, -0.25) is 4.90 Å². The minimum atomic E-state index is 0.698. The lowest BCUT2D eigenvalue weighted by molar-refractivity contribution is 0.0389. The summed E-state index contributed by atoms with van der Waals surface area (Å²) in [7, 11) is 3.29. The highest BCUT2D eigenvalue weighted by Crippen LogP contribution is 2.27. The summed E-state index contributed by atoms with van der Waals surface area (Å²) in [5.41, 5.74) is 1.18. The van der Waals surface area contributed by atoms with Crippen LogP contribution in [0, 0.1) is 0 Å². The minimum absolute atomic E-state index is 0.698. The summed E-state index contributed by atoms with van der Waals surface area (Å²) in [6.45, 7) is 6.27. The van der Waals surface area contributed by atoms with Crippen molar-refractivity contribution in [2.75, 3.05) is 60.2 Å². The van der Waals surface area contributed by atoms with Gasteiger partial charge in [-0.15, -0.1) is 0 Å². The number of hydrogen-bond acceptors (Lipinski definition) is 5. The Morgan fingerprint density at radius 2 is 1.83 bits per heavy atom. The molecule has 0 atom stereocenters. The predicted octanol–water partition coefficient (Wildman–Crippen LogP) is 1.04. The van der Waals surface area contributed by atoms with Crippen LogP contribution in [-0.2, 0) is 11.2 Å². The molecule has 2 rings (SSSR count). The number of nitrogens with zero attached hydrogens (tertiary/aromatic N) is 1. The second kappa shape index (κ2) is 10.3. The van der Waals surface area contributed by atoms with Crippen molar-refractivity contribution < 1.29 is 14.2 Å². The minimum Gasteiger partial charge on any atom is -0.493 e. The fourth-order valence-corrected chi connectivity index (χ4v) is 2.78. The molecule has 1 fully saturated rings. The summed E-state index contributed by atoms with van der Waals surface area (Å²) in [4.78, 5) is 2.38. The van der Waals surface area contributed by atoms with Crippen LogP contribution in [0.2, 0.25) is 0 Å². The highest BCUT2D eigenvalue weighted by Gasteiger charge is 2.09. The molecule has 1 aromatic rings. The van der Waals surface area contributed by atoms with Gasteiger partial charge in [0.05, 0.1) is 27.4 Å². The first kappa shape index (κ1) is 18.8. The van der Waals surface area contributed by atoms with Gasteiger partial charge in [-0.2, -0.15) is 0 Å². The summed E-state index contributed by atoms with van der Waals surface area (Å²) < 4.78 is 15.9. The van der Waals surface area contributed by atoms with E-state index in [1.165, 1.54) is 5.56 Å². The first-order valence-corrected chi connectivity index (χ1v) is 8.66. The maximum Gasteiger partial charge on any atom is 0.166 e. The van der Waals surface area contributed by atoms with E-state index in [1.807, 2.05) is 18.2 Å². The molecule has 2 N–H and O–H groups in total. The molecular formula is C17H27N3O3S. The SMILES string of the molecule is COc1ccc(CCNC(=S)NCCN2CCOCC2)cc1OC. The maximum atomic E-state index is 5.34. The first-order valence-electron chi connectivity index (χ1n) is 8.25. The van der Waals surface area contributed by atoms with Gasteiger partial charge in [0.1, 0.15) is 0 Å². The van der Waals surface area contributed by atoms with Crippen molar-refractivity contribution in [3.8, 4) is 11.5 Å². The van der Waals surface area contributed by atoms with Crippen molar-refractivity contribution in [2.45, 2.75) is 6.42 Å². The van der Waals surface area contributed by atoms with Gasteiger partial charge in [0.25, 0.3) is 0 Å². The number of methoxy groups -OCH3 is 2. The summed E-state index contributed by atoms with van der Waals surface area (Å²) in [5.74, 6) is 1.50. The predicted molar refractivity (Wildman–Crippen MR) is 99.1 cm³/mol. The third kappa shape index (κ3) is 6.14. The maximum absolute atomic E-state index is 5.34. The topological polar surface area (TPSA) is 55.0 Å². The number of ether oxygens (including phenoxy) is 3. The monoisotopic (exact) mass is 353 g/mol. The van der Waals surface area contributed by atoms with E-state index in [4.69, 9.17) is 26.4 Å². The molecular weight excluding hydrogens is 326 g/mol. The lowest BCUT2D eigenvalue weighted by atomic mass is 10.1. The molecule has 134 valence electrons. The van der Waals surface area contributed by atoms with Gasteiger partial charge in [0.15, 0.2) is 16.6 Å². The molecule has 0 amide bonds. The van der Waals surface area contributed by atoms with Gasteiger partial charge in [0.2, 0.25) is 0 Å². The molecule has 1 aliphatic heterocycles. The Bertz CT molecular complexity index is 522. The largest absolute Gasteiger partial charge is 0.493 e. The summed E-state index contributed by atoms with van der Waals surface area (Å²) in [5, 5.41) is 7.19. The van der Waals surface area contributed by atoms with Crippen LogP contribution in [0.1, 0.15) is 5.56 Å². The van der Waals surface area contributed by atoms with Crippen LogP contribution in [0.15, 0.2) is 18.2 Å². The Labute approximate surface area is 149 Å². The molecule has 1 heterocycles. The molecule has 1 saturated heterocycles. The van der Waals surface area contributed by atoms with Gasteiger partial charge in [-0.05, 0) is 36.3 Å². The molecule has 0 bridgehead atoms. The number of hydrogen-bond donors (Lipinski definition) is 2. The normalized spacial score (nSPS) is 14.9. The smallest absolute Gasteiger partial charge is 0.166 e. The summed E-state index contributed by atoms with van der Waals surface area (Å²) >= 11 is 5.31. The molecule has 1 aromatic carbocycles. The van der Waals surface area contributed by atoms with Gasteiger partial charge in [-0.1, -0.05) is 6.07 Å². The highest BCUT2D eigenvalue weighted by atomic mass is 32.1. The zero-order chi connectivity index (χ0) is 17.2. The number of rotatable bonds is 8. The third-order valence-corrected chi connectivity index (χ3v) is 4.25. The van der Waals surface area contributed by atoms with Crippen molar-refractivity contribution in [3.05, 3.63) is 23.8 Å². The molecule has 0 aromatic heterocycles. The van der Waals surface area contributed by atoms with E-state index < -0.39 is 0 Å². The van der Waals surface area contributed by atoms with E-state index >= 15 is 0 Å². The number of nitrogens with one attached hydrogen (secondary N) is 2. The molecule has 6 nitrogen and oxygen atoms in total. The van der Waals surface area contributed by atoms with E-state index in [2.05, 4.69) is 15.5 Å². The summed E-state index contributed by atoms with van der Waals surface area (Å²) in [6.07, 6.45) is 0.867. The fraction of sp³-hybridized carbons (Fsp3) is 0.588. The van der Waals surface area contributed by atoms with Gasteiger partial charge < -0.3 is 24.8 Å². The molecule has 1 aliphatic rings. The van der Waals surface area contributed by atoms with Crippen molar-refractivity contribution in [1.82, 2.24) is 15.5 Å². The zero-order valence-corrected chi connectivity index (χ0v) is 15.3. The third-order valence-electron chi connectivity index (χ3n) is 3.96. The van der Waals surface area contributed by atoms with Crippen LogP contribution in [0.3, 0.4) is 0 Å². The second-order valence-corrected chi connectivity index (χ2v) is 5.98. The van der Waals surface area contributed by atoms with Crippen molar-refractivity contribution in [1.29, 1.82) is 0 Å². The summed E-state index contributed by atoms with van der Waals surface area (Å²) in [6, 6.07) is 5.96. The molecule has 0 radical (unpaired) electrons. The van der Waals surface area contributed by atoms with Crippen LogP contribution in [0.25, 0.3) is 0 Å². The van der Waals surface area contributed by atoms with Gasteiger partial charge >= 0.3 is 0 Å². The highest BCUT2D eigenvalue weighted by molar-refractivity contribution is 7.80. The average molecular weight is 353 g/mol. The Balaban J connectivity index is 1.63. The Morgan fingerprint density at radius 1 is 1.12 bits per heavy atom. The van der Waals surface area contributed by atoms with Crippen molar-refractivity contribution >= 4 is 17.3 Å². The molecule has 0 aliphatic carbocycles. The molecule has 0 saturated carbocycles. The van der Waals surface area contributed by atoms with Crippen LogP contribution >= 0.6 is 12.2 Å².